The van der Waals surface area contributed by atoms with E-state index in [-0.39, 0.29) is 26.5 Å². The van der Waals surface area contributed by atoms with Crippen LogP contribution in [-0.2, 0) is 26.5 Å². The molecule has 0 fully saturated rings. The van der Waals surface area contributed by atoms with Gasteiger partial charge in [-0.05, 0) is 51.5 Å². The molecule has 0 aliphatic rings. The summed E-state index contributed by atoms with van der Waals surface area (Å²) in [5, 5.41) is 5.40. The Labute approximate surface area is 264 Å². The largest absolute Gasteiger partial charge is 2.00 e. The maximum Gasteiger partial charge on any atom is 2.00 e. The van der Waals surface area contributed by atoms with Crippen molar-refractivity contribution in [2.24, 2.45) is 0 Å². The van der Waals surface area contributed by atoms with E-state index in [0.717, 1.165) is 65.9 Å². The fourth-order valence-electron chi connectivity index (χ4n) is 5.88. The molecule has 0 N–H and O–H groups in total. The predicted octanol–water partition coefficient (Wildman–Crippen LogP) is 9.70. The van der Waals surface area contributed by atoms with Crippen molar-refractivity contribution in [1.29, 1.82) is 0 Å². The van der Waals surface area contributed by atoms with Crippen molar-refractivity contribution in [3.63, 3.8) is 0 Å². The van der Waals surface area contributed by atoms with Gasteiger partial charge in [-0.1, -0.05) is 110 Å². The molecule has 0 bridgehead atoms. The molecule has 3 heterocycles. The Hall–Kier alpha value is -4.53. The van der Waals surface area contributed by atoms with Gasteiger partial charge in [-0.25, -0.2) is 0 Å². The number of aromatic nitrogens is 3. The van der Waals surface area contributed by atoms with Crippen LogP contribution >= 0.6 is 0 Å². The van der Waals surface area contributed by atoms with E-state index in [9.17, 15) is 0 Å². The first-order chi connectivity index (χ1) is 20.4. The molecule has 43 heavy (non-hydrogen) atoms. The average molecular weight is 737 g/mol. The predicted molar refractivity (Wildman–Crippen MR) is 171 cm³/mol. The molecule has 3 aromatic heterocycles. The van der Waals surface area contributed by atoms with Gasteiger partial charge in [0, 0.05) is 23.2 Å². The normalized spacial score (nSPS) is 11.9. The minimum Gasteiger partial charge on any atom is -0.497 e. The molecule has 8 aromatic rings. The second-order valence-corrected chi connectivity index (χ2v) is 11.8. The molecule has 0 saturated carbocycles. The standard InChI is InChI=1S/C38H27N3O.Pt/c1-38(2,3)26-20-25(36-29-11-5-4-10-24(29)18-19-39-36)21-28(22-26)42-27-16-17-30-31-12-6-8-14-34(31)41-35-15-9-7-13-33(35)40-37(41)32(30)23-27;/h4-20,22H,1-3H3;/q-2;+2. The zero-order chi connectivity index (χ0) is 28.4. The van der Waals surface area contributed by atoms with Crippen LogP contribution in [0.15, 0.2) is 109 Å². The van der Waals surface area contributed by atoms with Gasteiger partial charge in [0.1, 0.15) is 0 Å². The average Bonchev–Trinajstić information content (AvgIpc) is 3.40. The summed E-state index contributed by atoms with van der Waals surface area (Å²) in [5.41, 5.74) is 6.86. The van der Waals surface area contributed by atoms with E-state index < -0.39 is 0 Å². The van der Waals surface area contributed by atoms with Crippen LogP contribution in [-0.4, -0.2) is 14.4 Å². The number of pyridine rings is 2. The Kier molecular flexibility index (Phi) is 6.56. The number of benzene rings is 5. The summed E-state index contributed by atoms with van der Waals surface area (Å²) in [4.78, 5) is 9.80. The first-order valence-electron chi connectivity index (χ1n) is 14.2. The van der Waals surface area contributed by atoms with Crippen molar-refractivity contribution < 1.29 is 25.8 Å². The van der Waals surface area contributed by atoms with Crippen LogP contribution in [0.5, 0.6) is 11.5 Å². The Morgan fingerprint density at radius 2 is 1.44 bits per heavy atom. The molecule has 210 valence electrons. The van der Waals surface area contributed by atoms with Crippen molar-refractivity contribution >= 4 is 49.1 Å². The van der Waals surface area contributed by atoms with E-state index in [1.807, 2.05) is 30.5 Å². The number of para-hydroxylation sites is 3. The molecule has 8 rings (SSSR count). The van der Waals surface area contributed by atoms with Gasteiger partial charge >= 0.3 is 21.1 Å². The van der Waals surface area contributed by atoms with Gasteiger partial charge in [-0.3, -0.25) is 4.98 Å². The second-order valence-electron chi connectivity index (χ2n) is 11.8. The third kappa shape index (κ3) is 4.58. The summed E-state index contributed by atoms with van der Waals surface area (Å²) < 4.78 is 8.78. The monoisotopic (exact) mass is 736 g/mol. The van der Waals surface area contributed by atoms with E-state index >= 15 is 0 Å². The minimum atomic E-state index is -0.0965. The van der Waals surface area contributed by atoms with Crippen LogP contribution in [0.2, 0.25) is 0 Å². The molecule has 0 aliphatic carbocycles. The number of hydrogen-bond acceptors (Lipinski definition) is 3. The van der Waals surface area contributed by atoms with Gasteiger partial charge in [0.05, 0.1) is 16.7 Å². The first-order valence-corrected chi connectivity index (χ1v) is 14.2. The summed E-state index contributed by atoms with van der Waals surface area (Å²) in [6, 6.07) is 42.5. The Morgan fingerprint density at radius 3 is 2.28 bits per heavy atom. The molecule has 4 nitrogen and oxygen atoms in total. The summed E-state index contributed by atoms with van der Waals surface area (Å²) >= 11 is 0. The van der Waals surface area contributed by atoms with Gasteiger partial charge in [0.2, 0.25) is 0 Å². The molecule has 0 amide bonds. The van der Waals surface area contributed by atoms with Gasteiger partial charge in [0.25, 0.3) is 0 Å². The molecular formula is C38H27N3OPt. The zero-order valence-corrected chi connectivity index (χ0v) is 26.2. The van der Waals surface area contributed by atoms with Gasteiger partial charge < -0.3 is 14.1 Å². The number of nitrogens with zero attached hydrogens (tertiary/aromatic N) is 3. The molecule has 0 spiro atoms. The van der Waals surface area contributed by atoms with E-state index in [2.05, 4.69) is 116 Å². The third-order valence-corrected chi connectivity index (χ3v) is 8.00. The summed E-state index contributed by atoms with van der Waals surface area (Å²) in [5.74, 6) is 1.25. The van der Waals surface area contributed by atoms with Crippen molar-refractivity contribution in [3.8, 4) is 22.8 Å². The van der Waals surface area contributed by atoms with Crippen molar-refractivity contribution in [3.05, 3.63) is 127 Å². The van der Waals surface area contributed by atoms with E-state index in [1.165, 1.54) is 0 Å². The van der Waals surface area contributed by atoms with Crippen LogP contribution in [0.3, 0.4) is 0 Å². The van der Waals surface area contributed by atoms with E-state index in [1.54, 1.807) is 0 Å². The Morgan fingerprint density at radius 1 is 0.698 bits per heavy atom. The van der Waals surface area contributed by atoms with Crippen LogP contribution in [0.25, 0.3) is 60.4 Å². The summed E-state index contributed by atoms with van der Waals surface area (Å²) in [6.45, 7) is 6.62. The zero-order valence-electron chi connectivity index (χ0n) is 24.0. The Balaban J connectivity index is 0.00000300. The number of ether oxygens (including phenoxy) is 1. The molecule has 0 radical (unpaired) electrons. The van der Waals surface area contributed by atoms with Gasteiger partial charge in [-0.15, -0.1) is 23.3 Å². The second kappa shape index (κ2) is 10.3. The smallest absolute Gasteiger partial charge is 0.497 e. The van der Waals surface area contributed by atoms with Crippen molar-refractivity contribution in [2.75, 3.05) is 0 Å². The fraction of sp³-hybridized carbons (Fsp3) is 0.105. The van der Waals surface area contributed by atoms with Crippen LogP contribution in [0.1, 0.15) is 26.3 Å². The first kappa shape index (κ1) is 27.3. The number of hydrogen-bond donors (Lipinski definition) is 0. The molecule has 0 aliphatic heterocycles. The molecule has 0 atom stereocenters. The van der Waals surface area contributed by atoms with Gasteiger partial charge in [-0.2, -0.15) is 0 Å². The molecule has 5 aromatic carbocycles. The van der Waals surface area contributed by atoms with Crippen molar-refractivity contribution in [2.45, 2.75) is 26.2 Å². The molecule has 0 saturated heterocycles. The topological polar surface area (TPSA) is 39.4 Å². The van der Waals surface area contributed by atoms with Crippen LogP contribution < -0.4 is 4.74 Å². The minimum absolute atomic E-state index is 0. The molecule has 0 unspecified atom stereocenters. The number of rotatable bonds is 3. The van der Waals surface area contributed by atoms with Crippen LogP contribution in [0, 0.1) is 12.1 Å². The summed E-state index contributed by atoms with van der Waals surface area (Å²) in [7, 11) is 0. The molecular weight excluding hydrogens is 710 g/mol. The number of fused-ring (bicyclic) bond motifs is 9. The Bertz CT molecular complexity index is 2330. The van der Waals surface area contributed by atoms with Crippen molar-refractivity contribution in [1.82, 2.24) is 14.4 Å². The van der Waals surface area contributed by atoms with Gasteiger partial charge in [0.15, 0.2) is 0 Å². The van der Waals surface area contributed by atoms with E-state index in [0.29, 0.717) is 11.5 Å². The maximum atomic E-state index is 6.56. The molecule has 5 heteroatoms. The maximum absolute atomic E-state index is 6.56. The number of imidazole rings is 1. The summed E-state index contributed by atoms with van der Waals surface area (Å²) in [6.07, 6.45) is 1.86. The van der Waals surface area contributed by atoms with E-state index in [4.69, 9.17) is 14.7 Å². The SMILES string of the molecule is CC(C)(C)c1cc(Oc2[c-]c3c(cc2)c2ccccc2n2c4ccccc4nc32)[c-]c(-c2nccc3ccccc23)c1.[Pt+2]. The third-order valence-electron chi connectivity index (χ3n) is 8.00. The van der Waals surface area contributed by atoms with Crippen LogP contribution in [0.4, 0.5) is 0 Å². The fourth-order valence-corrected chi connectivity index (χ4v) is 5.88. The quantitative estimate of drug-likeness (QED) is 0.134.